The van der Waals surface area contributed by atoms with Crippen LogP contribution in [0, 0.1) is 11.8 Å². The van der Waals surface area contributed by atoms with Gasteiger partial charge in [-0.2, -0.15) is 8.42 Å². The minimum absolute atomic E-state index is 0.0304. The first-order valence-electron chi connectivity index (χ1n) is 18.8. The summed E-state index contributed by atoms with van der Waals surface area (Å²) in [6.45, 7) is 12.3. The number of carboxylic acids is 1. The molecule has 4 N–H and O–H groups in total. The number of thiazole rings is 1. The van der Waals surface area contributed by atoms with E-state index in [0.717, 1.165) is 40.9 Å². The van der Waals surface area contributed by atoms with Gasteiger partial charge in [0.15, 0.2) is 11.9 Å². The van der Waals surface area contributed by atoms with E-state index in [1.807, 2.05) is 20.8 Å². The van der Waals surface area contributed by atoms with Crippen LogP contribution in [0.3, 0.4) is 0 Å². The van der Waals surface area contributed by atoms with Gasteiger partial charge in [-0.3, -0.25) is 43.0 Å². The van der Waals surface area contributed by atoms with Gasteiger partial charge in [-0.25, -0.2) is 4.98 Å². The Morgan fingerprint density at radius 1 is 1.05 bits per heavy atom. The summed E-state index contributed by atoms with van der Waals surface area (Å²) in [6.07, 6.45) is 2.53. The molecule has 322 valence electrons. The molecule has 1 aliphatic rings. The van der Waals surface area contributed by atoms with Crippen LogP contribution in [-0.2, 0) is 50.3 Å². The third-order valence-corrected chi connectivity index (χ3v) is 10.6. The minimum atomic E-state index is -5.04. The van der Waals surface area contributed by atoms with Crippen molar-refractivity contribution in [1.82, 2.24) is 20.1 Å². The Kier molecular flexibility index (Phi) is 17.5. The van der Waals surface area contributed by atoms with E-state index in [2.05, 4.69) is 26.4 Å². The molecule has 0 radical (unpaired) electrons. The Bertz CT molecular complexity index is 2050. The number of rotatable bonds is 23. The first-order chi connectivity index (χ1) is 27.6. The summed E-state index contributed by atoms with van der Waals surface area (Å²) in [5, 5.41) is 16.8. The zero-order chi connectivity index (χ0) is 44.2. The molecule has 0 fully saturated rings. The van der Waals surface area contributed by atoms with E-state index < -0.39 is 75.8 Å². The summed E-state index contributed by atoms with van der Waals surface area (Å²) in [6, 6.07) is 2.63. The number of nitrogens with zero attached hydrogens (tertiary/aromatic N) is 3. The van der Waals surface area contributed by atoms with Crippen LogP contribution in [0.4, 0.5) is 5.69 Å². The number of carboxylic acid groups (broad SMARTS) is 1. The largest absolute Gasteiger partial charge is 0.481 e. The highest BCUT2D eigenvalue weighted by Gasteiger charge is 2.32. The highest BCUT2D eigenvalue weighted by molar-refractivity contribution is 7.81. The van der Waals surface area contributed by atoms with Crippen molar-refractivity contribution in [2.75, 3.05) is 18.9 Å². The molecule has 1 aromatic carbocycles. The van der Waals surface area contributed by atoms with Crippen LogP contribution in [0.15, 0.2) is 47.9 Å². The van der Waals surface area contributed by atoms with Gasteiger partial charge in [0.25, 0.3) is 17.7 Å². The second kappa shape index (κ2) is 21.5. The first-order valence-corrected chi connectivity index (χ1v) is 21.1. The van der Waals surface area contributed by atoms with Crippen molar-refractivity contribution in [3.8, 4) is 5.75 Å². The average Bonchev–Trinajstić information content (AvgIpc) is 3.76. The number of aliphatic carboxylic acids is 1. The summed E-state index contributed by atoms with van der Waals surface area (Å²) in [4.78, 5) is 94.4. The minimum Gasteiger partial charge on any atom is -0.481 e. The number of anilines is 1. The van der Waals surface area contributed by atoms with Crippen LogP contribution in [0.2, 0.25) is 0 Å². The number of likely N-dealkylation sites (N-methyl/N-ethyl adjacent to an activating group) is 1. The van der Waals surface area contributed by atoms with E-state index in [-0.39, 0.29) is 61.9 Å². The summed E-state index contributed by atoms with van der Waals surface area (Å²) in [5.41, 5.74) is 0.613. The quantitative estimate of drug-likeness (QED) is 0.0528. The zero-order valence-electron chi connectivity index (χ0n) is 33.8. The lowest BCUT2D eigenvalue weighted by molar-refractivity contribution is -0.148. The molecule has 2 heterocycles. The maximum Gasteiger partial charge on any atom is 0.446 e. The first kappa shape index (κ1) is 47.9. The van der Waals surface area contributed by atoms with Gasteiger partial charge >= 0.3 is 22.3 Å². The lowest BCUT2D eigenvalue weighted by Gasteiger charge is -2.34. The average molecular weight is 862 g/mol. The van der Waals surface area contributed by atoms with Crippen LogP contribution < -0.4 is 14.8 Å². The van der Waals surface area contributed by atoms with Crippen molar-refractivity contribution in [3.05, 3.63) is 64.1 Å². The fourth-order valence-corrected chi connectivity index (χ4v) is 7.57. The molecule has 1 unspecified atom stereocenters. The van der Waals surface area contributed by atoms with Crippen molar-refractivity contribution in [2.24, 2.45) is 11.8 Å². The van der Waals surface area contributed by atoms with Gasteiger partial charge in [0.2, 0.25) is 11.8 Å². The normalized spacial score (nSPS) is 14.7. The van der Waals surface area contributed by atoms with Gasteiger partial charge in [-0.05, 0) is 49.3 Å². The van der Waals surface area contributed by atoms with Gasteiger partial charge in [-0.15, -0.1) is 11.3 Å². The lowest BCUT2D eigenvalue weighted by atomic mass is 9.95. The zero-order valence-corrected chi connectivity index (χ0v) is 35.4. The van der Waals surface area contributed by atoms with Crippen LogP contribution in [0.5, 0.6) is 5.75 Å². The Labute approximate surface area is 347 Å². The number of aromatic nitrogens is 1. The molecule has 4 atom stereocenters. The number of hydrogen-bond donors (Lipinski definition) is 4. The molecule has 1 aromatic heterocycles. The number of nitrogens with one attached hydrogen (secondary N) is 2. The molecule has 3 rings (SSSR count). The summed E-state index contributed by atoms with van der Waals surface area (Å²) < 4.78 is 42.8. The van der Waals surface area contributed by atoms with Crippen LogP contribution >= 0.6 is 11.3 Å². The SMILES string of the molecule is C=C(CCC)C(=O)N(C)[C@H](C[C@@H](OC(C)=O)c1nc(C(=O)N[C@@H](Cc2ccc(OS(=O)(=O)O)c(NC(=O)CCCN3C(=O)C=CC3=O)c2)CC(C)C(=O)O)cs1)C(C)C. The third-order valence-electron chi connectivity index (χ3n) is 9.31. The molecule has 20 heteroatoms. The van der Waals surface area contributed by atoms with E-state index >= 15 is 0 Å². The number of amides is 5. The highest BCUT2D eigenvalue weighted by atomic mass is 32.3. The predicted molar refractivity (Wildman–Crippen MR) is 215 cm³/mol. The van der Waals surface area contributed by atoms with E-state index in [9.17, 15) is 51.6 Å². The van der Waals surface area contributed by atoms with Gasteiger partial charge < -0.3 is 29.6 Å². The smallest absolute Gasteiger partial charge is 0.446 e. The van der Waals surface area contributed by atoms with Crippen molar-refractivity contribution < 1.29 is 60.6 Å². The number of esters is 1. The highest BCUT2D eigenvalue weighted by Crippen LogP contribution is 2.32. The predicted octanol–water partition coefficient (Wildman–Crippen LogP) is 4.25. The molecule has 0 saturated carbocycles. The molecular formula is C39H51N5O13S2. The molecular weight excluding hydrogens is 811 g/mol. The van der Waals surface area contributed by atoms with Crippen molar-refractivity contribution in [1.29, 1.82) is 0 Å². The fraction of sp³-hybridized carbons (Fsp3) is 0.487. The van der Waals surface area contributed by atoms with Crippen LogP contribution in [0.1, 0.15) is 100 Å². The standard InChI is InChI=1S/C39H51N5O13S2/c1-8-10-23(4)38(50)43(7)30(22(2)3)20-32(56-25(6)45)37-42-29(21-58-37)36(49)40-27(17-24(5)39(51)52)18-26-12-13-31(57-59(53,54)55)28(19-26)41-33(46)11-9-16-44-34(47)14-15-35(44)48/h12-15,19,21-22,24,27,30,32H,4,8-11,16-18,20H2,1-3,5-7H3,(H,40,49)(H,41,46)(H,51,52)(H,53,54,55)/t24?,27-,30-,32-/m1/s1. The van der Waals surface area contributed by atoms with Crippen molar-refractivity contribution in [3.63, 3.8) is 0 Å². The van der Waals surface area contributed by atoms with Crippen molar-refractivity contribution >= 4 is 68.9 Å². The summed E-state index contributed by atoms with van der Waals surface area (Å²) in [5.74, 6) is -5.77. The Morgan fingerprint density at radius 3 is 2.29 bits per heavy atom. The topological polar surface area (TPSA) is 256 Å². The fourth-order valence-electron chi connectivity index (χ4n) is 6.36. The Morgan fingerprint density at radius 2 is 1.71 bits per heavy atom. The van der Waals surface area contributed by atoms with Crippen molar-refractivity contribution in [2.45, 2.75) is 97.8 Å². The molecule has 0 aliphatic carbocycles. The molecule has 0 bridgehead atoms. The Hall–Kier alpha value is -5.47. The maximum atomic E-state index is 13.7. The monoisotopic (exact) mass is 861 g/mol. The summed E-state index contributed by atoms with van der Waals surface area (Å²) >= 11 is 1.07. The number of imide groups is 1. The number of benzene rings is 1. The Balaban J connectivity index is 1.85. The van der Waals surface area contributed by atoms with E-state index in [4.69, 9.17) is 4.74 Å². The molecule has 1 aliphatic heterocycles. The molecule has 0 saturated heterocycles. The van der Waals surface area contributed by atoms with E-state index in [1.165, 1.54) is 31.4 Å². The van der Waals surface area contributed by atoms with Gasteiger partial charge in [0.05, 0.1) is 11.6 Å². The molecule has 5 amide bonds. The molecule has 2 aromatic rings. The summed E-state index contributed by atoms with van der Waals surface area (Å²) in [7, 11) is -3.38. The lowest BCUT2D eigenvalue weighted by Crippen LogP contribution is -2.42. The number of hydrogen-bond acceptors (Lipinski definition) is 13. The number of carbonyl (C=O) groups is 7. The van der Waals surface area contributed by atoms with Gasteiger partial charge in [0, 0.05) is 68.5 Å². The second-order valence-corrected chi connectivity index (χ2v) is 16.4. The second-order valence-electron chi connectivity index (χ2n) is 14.5. The van der Waals surface area contributed by atoms with E-state index in [1.54, 1.807) is 11.9 Å². The van der Waals surface area contributed by atoms with Crippen LogP contribution in [0.25, 0.3) is 0 Å². The van der Waals surface area contributed by atoms with Gasteiger partial charge in [-0.1, -0.05) is 46.8 Å². The molecule has 59 heavy (non-hydrogen) atoms. The molecule has 0 spiro atoms. The number of ether oxygens (including phenoxy) is 1. The van der Waals surface area contributed by atoms with E-state index in [0.29, 0.717) is 22.6 Å². The molecule has 18 nitrogen and oxygen atoms in total. The maximum absolute atomic E-state index is 13.7. The van der Waals surface area contributed by atoms with Crippen LogP contribution in [-0.4, -0.2) is 100 Å². The van der Waals surface area contributed by atoms with Gasteiger partial charge in [0.1, 0.15) is 10.7 Å². The number of carbonyl (C=O) groups excluding carboxylic acids is 6. The third kappa shape index (κ3) is 14.7.